The standard InChI is InChI=1S/C33H48N2O4/c1-28(2)12-14-33(27(38)39)15-13-31(6)21(22(33)17-28)8-9-24-30(5)16-20-18-35(19-25(36)37)34-26(20)29(3,4)23(30)10-11-32(24,31)7/h8,18,22-24H,9-17,19H2,1-7H3,(H,36,37)(H,38,39)/t22-,23-,24+,30-,31+,32+,33-/m0/s1. The summed E-state index contributed by atoms with van der Waals surface area (Å²) in [5.74, 6) is -0.347. The van der Waals surface area contributed by atoms with Crippen LogP contribution in [0, 0.1) is 44.8 Å². The van der Waals surface area contributed by atoms with Gasteiger partial charge < -0.3 is 10.2 Å². The van der Waals surface area contributed by atoms with Gasteiger partial charge in [0.1, 0.15) is 6.54 Å². The molecule has 5 aliphatic carbocycles. The van der Waals surface area contributed by atoms with Crippen LogP contribution < -0.4 is 0 Å². The van der Waals surface area contributed by atoms with E-state index in [0.717, 1.165) is 63.5 Å². The Morgan fingerprint density at radius 2 is 1.67 bits per heavy atom. The van der Waals surface area contributed by atoms with E-state index in [4.69, 9.17) is 5.10 Å². The lowest BCUT2D eigenvalue weighted by molar-refractivity contribution is -0.177. The monoisotopic (exact) mass is 536 g/mol. The molecule has 0 radical (unpaired) electrons. The SMILES string of the molecule is CC1(C)CC[C@]2(C(=O)O)CC[C@]3(C)C(=CC[C@@H]4[C@@]5(C)Cc6cn(CC(=O)O)nc6C(C)(C)[C@@H]5CC[C@]43C)[C@@H]2C1. The summed E-state index contributed by atoms with van der Waals surface area (Å²) in [6.45, 7) is 16.8. The Morgan fingerprint density at radius 1 is 0.974 bits per heavy atom. The van der Waals surface area contributed by atoms with E-state index < -0.39 is 17.4 Å². The number of fused-ring (bicyclic) bond motifs is 8. The number of rotatable bonds is 3. The molecule has 39 heavy (non-hydrogen) atoms. The van der Waals surface area contributed by atoms with Crippen molar-refractivity contribution in [2.45, 2.75) is 118 Å². The van der Waals surface area contributed by atoms with E-state index in [9.17, 15) is 19.8 Å². The molecule has 6 heteroatoms. The summed E-state index contributed by atoms with van der Waals surface area (Å²) in [5, 5.41) is 24.8. The first-order valence-corrected chi connectivity index (χ1v) is 15.2. The van der Waals surface area contributed by atoms with Crippen molar-refractivity contribution >= 4 is 11.9 Å². The van der Waals surface area contributed by atoms with Crippen LogP contribution in [0.1, 0.15) is 111 Å². The van der Waals surface area contributed by atoms with Crippen LogP contribution in [0.5, 0.6) is 0 Å². The largest absolute Gasteiger partial charge is 0.481 e. The summed E-state index contributed by atoms with van der Waals surface area (Å²) in [6, 6.07) is 0. The second kappa shape index (κ2) is 8.00. The maximum Gasteiger partial charge on any atom is 0.325 e. The van der Waals surface area contributed by atoms with E-state index in [1.165, 1.54) is 11.1 Å². The van der Waals surface area contributed by atoms with E-state index >= 15 is 0 Å². The van der Waals surface area contributed by atoms with Gasteiger partial charge >= 0.3 is 11.9 Å². The summed E-state index contributed by atoms with van der Waals surface area (Å²) in [5.41, 5.74) is 3.37. The van der Waals surface area contributed by atoms with Gasteiger partial charge in [0, 0.05) is 11.6 Å². The van der Waals surface area contributed by atoms with Crippen molar-refractivity contribution in [2.24, 2.45) is 44.8 Å². The lowest BCUT2D eigenvalue weighted by Crippen LogP contribution is -2.64. The number of carbonyl (C=O) groups is 2. The van der Waals surface area contributed by atoms with Gasteiger partial charge in [-0.05, 0) is 103 Å². The molecule has 0 amide bonds. The third kappa shape index (κ3) is 3.41. The molecule has 5 aliphatic rings. The minimum absolute atomic E-state index is 0.00115. The average molecular weight is 537 g/mol. The molecule has 7 atom stereocenters. The van der Waals surface area contributed by atoms with Gasteiger partial charge in [-0.2, -0.15) is 5.10 Å². The van der Waals surface area contributed by atoms with Gasteiger partial charge in [0.05, 0.1) is 11.1 Å². The molecule has 1 aromatic rings. The third-order valence-corrected chi connectivity index (χ3v) is 13.5. The van der Waals surface area contributed by atoms with Crippen LogP contribution in [-0.2, 0) is 28.0 Å². The Morgan fingerprint density at radius 3 is 2.33 bits per heavy atom. The Labute approximate surface area is 233 Å². The zero-order chi connectivity index (χ0) is 28.4. The average Bonchev–Trinajstić information content (AvgIpc) is 3.20. The highest BCUT2D eigenvalue weighted by Gasteiger charge is 2.69. The highest BCUT2D eigenvalue weighted by atomic mass is 16.4. The predicted octanol–water partition coefficient (Wildman–Crippen LogP) is 6.87. The number of hydrogen-bond donors (Lipinski definition) is 2. The van der Waals surface area contributed by atoms with E-state index in [-0.39, 0.29) is 39.5 Å². The summed E-state index contributed by atoms with van der Waals surface area (Å²) in [6.07, 6.45) is 13.3. The smallest absolute Gasteiger partial charge is 0.325 e. The van der Waals surface area contributed by atoms with Crippen molar-refractivity contribution in [1.29, 1.82) is 0 Å². The molecule has 3 fully saturated rings. The summed E-state index contributed by atoms with van der Waals surface area (Å²) in [7, 11) is 0. The molecule has 1 heterocycles. The fourth-order valence-corrected chi connectivity index (χ4v) is 11.4. The first-order chi connectivity index (χ1) is 18.0. The fourth-order valence-electron chi connectivity index (χ4n) is 11.4. The van der Waals surface area contributed by atoms with Gasteiger partial charge in [0.25, 0.3) is 0 Å². The molecule has 2 N–H and O–H groups in total. The Balaban J connectivity index is 1.44. The molecule has 0 aromatic carbocycles. The minimum atomic E-state index is -0.859. The van der Waals surface area contributed by atoms with Crippen molar-refractivity contribution in [3.8, 4) is 0 Å². The van der Waals surface area contributed by atoms with Crippen LogP contribution >= 0.6 is 0 Å². The second-order valence-corrected chi connectivity index (χ2v) is 16.2. The van der Waals surface area contributed by atoms with Gasteiger partial charge in [-0.3, -0.25) is 14.3 Å². The van der Waals surface area contributed by atoms with Crippen molar-refractivity contribution in [2.75, 3.05) is 0 Å². The molecule has 0 unspecified atom stereocenters. The van der Waals surface area contributed by atoms with Crippen molar-refractivity contribution < 1.29 is 19.8 Å². The number of aliphatic carboxylic acids is 2. The first-order valence-electron chi connectivity index (χ1n) is 15.2. The van der Waals surface area contributed by atoms with E-state index in [0.29, 0.717) is 11.8 Å². The molecule has 0 saturated heterocycles. The zero-order valence-corrected chi connectivity index (χ0v) is 25.1. The molecule has 3 saturated carbocycles. The van der Waals surface area contributed by atoms with Gasteiger partial charge in [-0.15, -0.1) is 0 Å². The van der Waals surface area contributed by atoms with Crippen LogP contribution in [-0.4, -0.2) is 31.9 Å². The normalized spacial score (nSPS) is 43.6. The van der Waals surface area contributed by atoms with Crippen LogP contribution in [0.25, 0.3) is 0 Å². The molecule has 6 nitrogen and oxygen atoms in total. The number of allylic oxidation sites excluding steroid dienone is 2. The third-order valence-electron chi connectivity index (χ3n) is 13.5. The first kappa shape index (κ1) is 27.1. The fraction of sp³-hybridized carbons (Fsp3) is 0.788. The molecular formula is C33H48N2O4. The molecule has 0 bridgehead atoms. The van der Waals surface area contributed by atoms with Gasteiger partial charge in [0.15, 0.2) is 0 Å². The van der Waals surface area contributed by atoms with Gasteiger partial charge in [-0.1, -0.05) is 60.1 Å². The van der Waals surface area contributed by atoms with E-state index in [2.05, 4.69) is 54.5 Å². The number of carboxylic acids is 2. The zero-order valence-electron chi connectivity index (χ0n) is 25.1. The maximum absolute atomic E-state index is 12.9. The number of carboxylic acid groups (broad SMARTS) is 2. The summed E-state index contributed by atoms with van der Waals surface area (Å²) >= 11 is 0. The molecular weight excluding hydrogens is 488 g/mol. The lowest BCUT2D eigenvalue weighted by Gasteiger charge is -2.70. The van der Waals surface area contributed by atoms with Gasteiger partial charge in [0.2, 0.25) is 0 Å². The maximum atomic E-state index is 12.9. The van der Waals surface area contributed by atoms with Crippen LogP contribution in [0.2, 0.25) is 0 Å². The van der Waals surface area contributed by atoms with Crippen LogP contribution in [0.3, 0.4) is 0 Å². The van der Waals surface area contributed by atoms with Crippen molar-refractivity contribution in [3.63, 3.8) is 0 Å². The minimum Gasteiger partial charge on any atom is -0.481 e. The molecule has 0 aliphatic heterocycles. The highest BCUT2D eigenvalue weighted by molar-refractivity contribution is 5.76. The summed E-state index contributed by atoms with van der Waals surface area (Å²) in [4.78, 5) is 24.3. The van der Waals surface area contributed by atoms with Crippen LogP contribution in [0.15, 0.2) is 17.8 Å². The number of nitrogens with zero attached hydrogens (tertiary/aromatic N) is 2. The van der Waals surface area contributed by atoms with Crippen molar-refractivity contribution in [3.05, 3.63) is 29.1 Å². The topological polar surface area (TPSA) is 92.4 Å². The molecule has 1 aromatic heterocycles. The lowest BCUT2D eigenvalue weighted by atomic mass is 9.33. The quantitative estimate of drug-likeness (QED) is 0.411. The summed E-state index contributed by atoms with van der Waals surface area (Å²) < 4.78 is 1.63. The van der Waals surface area contributed by atoms with Gasteiger partial charge in [-0.25, -0.2) is 0 Å². The van der Waals surface area contributed by atoms with E-state index in [1.807, 2.05) is 6.20 Å². The Bertz CT molecular complexity index is 1270. The Hall–Kier alpha value is -2.11. The molecule has 0 spiro atoms. The Kier molecular flexibility index (Phi) is 5.56. The molecule has 6 rings (SSSR count). The number of hydrogen-bond acceptors (Lipinski definition) is 3. The predicted molar refractivity (Wildman–Crippen MR) is 150 cm³/mol. The van der Waals surface area contributed by atoms with E-state index in [1.54, 1.807) is 4.68 Å². The van der Waals surface area contributed by atoms with Crippen LogP contribution in [0.4, 0.5) is 0 Å². The number of aromatic nitrogens is 2. The highest BCUT2D eigenvalue weighted by Crippen LogP contribution is 2.75. The molecule has 214 valence electrons. The second-order valence-electron chi connectivity index (χ2n) is 16.2. The van der Waals surface area contributed by atoms with Crippen molar-refractivity contribution in [1.82, 2.24) is 9.78 Å².